The summed E-state index contributed by atoms with van der Waals surface area (Å²) in [6.07, 6.45) is 4.22. The van der Waals surface area contributed by atoms with Gasteiger partial charge in [0, 0.05) is 16.7 Å². The Morgan fingerprint density at radius 3 is 2.75 bits per heavy atom. The van der Waals surface area contributed by atoms with E-state index in [0.29, 0.717) is 6.04 Å². The number of hydrogen-bond donors (Lipinski definition) is 1. The molecule has 1 rings (SSSR count). The third-order valence-corrected chi connectivity index (χ3v) is 3.50. The van der Waals surface area contributed by atoms with Crippen LogP contribution in [0.1, 0.15) is 19.8 Å². The summed E-state index contributed by atoms with van der Waals surface area (Å²) in [5.41, 5.74) is 0. The first kappa shape index (κ1) is 13.3. The molecule has 1 nitrogen and oxygen atoms in total. The van der Waals surface area contributed by atoms with Gasteiger partial charge in [-0.3, -0.25) is 0 Å². The van der Waals surface area contributed by atoms with Crippen LogP contribution in [0.15, 0.2) is 47.9 Å². The van der Waals surface area contributed by atoms with Gasteiger partial charge in [-0.2, -0.15) is 0 Å². The fraction of sp³-hybridized carbons (Fsp3) is 0.429. The zero-order valence-electron chi connectivity index (χ0n) is 9.99. The van der Waals surface area contributed by atoms with Gasteiger partial charge in [-0.05, 0) is 31.5 Å². The third kappa shape index (κ3) is 5.38. The van der Waals surface area contributed by atoms with Crippen LogP contribution in [0.5, 0.6) is 0 Å². The van der Waals surface area contributed by atoms with Crippen LogP contribution in [-0.4, -0.2) is 18.3 Å². The fourth-order valence-electron chi connectivity index (χ4n) is 1.47. The average Bonchev–Trinajstić information content (AvgIpc) is 2.34. The smallest absolute Gasteiger partial charge is 0.0196 e. The van der Waals surface area contributed by atoms with Crippen LogP contribution in [0, 0.1) is 0 Å². The highest BCUT2D eigenvalue weighted by molar-refractivity contribution is 7.99. The third-order valence-electron chi connectivity index (χ3n) is 2.33. The largest absolute Gasteiger partial charge is 0.313 e. The van der Waals surface area contributed by atoms with E-state index in [0.717, 1.165) is 18.7 Å². The van der Waals surface area contributed by atoms with Crippen molar-refractivity contribution < 1.29 is 0 Å². The van der Waals surface area contributed by atoms with E-state index >= 15 is 0 Å². The number of benzene rings is 1. The molecule has 0 spiro atoms. The molecule has 0 fully saturated rings. The molecule has 0 saturated heterocycles. The van der Waals surface area contributed by atoms with Crippen molar-refractivity contribution in [2.75, 3.05) is 12.3 Å². The molecule has 1 aromatic carbocycles. The van der Waals surface area contributed by atoms with E-state index in [1.807, 2.05) is 17.8 Å². The molecular weight excluding hydrogens is 214 g/mol. The second-order valence-corrected chi connectivity index (χ2v) is 4.89. The second kappa shape index (κ2) is 8.43. The Hall–Kier alpha value is -0.730. The molecule has 0 saturated carbocycles. The maximum Gasteiger partial charge on any atom is 0.0196 e. The molecule has 0 bridgehead atoms. The van der Waals surface area contributed by atoms with Gasteiger partial charge >= 0.3 is 0 Å². The van der Waals surface area contributed by atoms with Gasteiger partial charge in [-0.25, -0.2) is 0 Å². The van der Waals surface area contributed by atoms with Crippen molar-refractivity contribution in [1.29, 1.82) is 0 Å². The summed E-state index contributed by atoms with van der Waals surface area (Å²) in [6.45, 7) is 7.10. The summed E-state index contributed by atoms with van der Waals surface area (Å²) >= 11 is 1.91. The van der Waals surface area contributed by atoms with Crippen LogP contribution in [0.4, 0.5) is 0 Å². The normalized spacial score (nSPS) is 12.3. The number of rotatable bonds is 8. The molecule has 1 N–H and O–H groups in total. The van der Waals surface area contributed by atoms with Gasteiger partial charge in [0.1, 0.15) is 0 Å². The van der Waals surface area contributed by atoms with Crippen LogP contribution in [-0.2, 0) is 0 Å². The lowest BCUT2D eigenvalue weighted by Gasteiger charge is -2.16. The lowest BCUT2D eigenvalue weighted by atomic mass is 10.2. The second-order valence-electron chi connectivity index (χ2n) is 3.80. The molecule has 0 amide bonds. The van der Waals surface area contributed by atoms with Crippen molar-refractivity contribution in [3.8, 4) is 0 Å². The minimum atomic E-state index is 0.544. The Kier molecular flexibility index (Phi) is 7.02. The quantitative estimate of drug-likeness (QED) is 0.544. The molecule has 1 unspecified atom stereocenters. The van der Waals surface area contributed by atoms with Gasteiger partial charge in [0.25, 0.3) is 0 Å². The Morgan fingerprint density at radius 2 is 2.12 bits per heavy atom. The maximum atomic E-state index is 3.81. The highest BCUT2D eigenvalue weighted by atomic mass is 32.2. The molecule has 0 aliphatic carbocycles. The minimum Gasteiger partial charge on any atom is -0.313 e. The molecule has 0 aromatic heterocycles. The van der Waals surface area contributed by atoms with Gasteiger partial charge in [-0.15, -0.1) is 18.3 Å². The van der Waals surface area contributed by atoms with Crippen molar-refractivity contribution in [2.45, 2.75) is 30.7 Å². The minimum absolute atomic E-state index is 0.544. The SMILES string of the molecule is C=CCC(CSc1ccccc1)NCCC. The molecule has 16 heavy (non-hydrogen) atoms. The topological polar surface area (TPSA) is 12.0 Å². The lowest BCUT2D eigenvalue weighted by Crippen LogP contribution is -2.31. The Balaban J connectivity index is 2.34. The lowest BCUT2D eigenvalue weighted by molar-refractivity contribution is 0.558. The van der Waals surface area contributed by atoms with Crippen LogP contribution in [0.3, 0.4) is 0 Å². The molecule has 1 atom stereocenters. The number of nitrogens with one attached hydrogen (secondary N) is 1. The van der Waals surface area contributed by atoms with Crippen LogP contribution in [0.25, 0.3) is 0 Å². The summed E-state index contributed by atoms with van der Waals surface area (Å²) in [4.78, 5) is 1.34. The molecule has 0 aliphatic heterocycles. The van der Waals surface area contributed by atoms with Crippen molar-refractivity contribution >= 4 is 11.8 Å². The number of thioether (sulfide) groups is 1. The van der Waals surface area contributed by atoms with Gasteiger partial charge in [0.05, 0.1) is 0 Å². The summed E-state index contributed by atoms with van der Waals surface area (Å²) in [5.74, 6) is 1.11. The zero-order valence-corrected chi connectivity index (χ0v) is 10.8. The highest BCUT2D eigenvalue weighted by Gasteiger charge is 2.05. The predicted octanol–water partition coefficient (Wildman–Crippen LogP) is 3.72. The van der Waals surface area contributed by atoms with E-state index in [4.69, 9.17) is 0 Å². The van der Waals surface area contributed by atoms with Crippen molar-refractivity contribution in [2.24, 2.45) is 0 Å². The molecular formula is C14H21NS. The maximum absolute atomic E-state index is 3.81. The first-order chi connectivity index (χ1) is 7.86. The van der Waals surface area contributed by atoms with Crippen molar-refractivity contribution in [3.05, 3.63) is 43.0 Å². The summed E-state index contributed by atoms with van der Waals surface area (Å²) in [5, 5.41) is 3.55. The van der Waals surface area contributed by atoms with E-state index in [2.05, 4.69) is 49.2 Å². The monoisotopic (exact) mass is 235 g/mol. The molecule has 88 valence electrons. The van der Waals surface area contributed by atoms with Crippen LogP contribution < -0.4 is 5.32 Å². The van der Waals surface area contributed by atoms with E-state index < -0.39 is 0 Å². The molecule has 1 aromatic rings. The van der Waals surface area contributed by atoms with Gasteiger partial charge < -0.3 is 5.32 Å². The van der Waals surface area contributed by atoms with Crippen molar-refractivity contribution in [1.82, 2.24) is 5.32 Å². The van der Waals surface area contributed by atoms with Crippen LogP contribution in [0.2, 0.25) is 0 Å². The van der Waals surface area contributed by atoms with Gasteiger partial charge in [0.15, 0.2) is 0 Å². The van der Waals surface area contributed by atoms with E-state index in [1.54, 1.807) is 0 Å². The Morgan fingerprint density at radius 1 is 1.38 bits per heavy atom. The van der Waals surface area contributed by atoms with E-state index in [1.165, 1.54) is 11.3 Å². The Labute approximate surface area is 103 Å². The molecule has 2 heteroatoms. The molecule has 0 heterocycles. The zero-order chi connectivity index (χ0) is 11.6. The number of hydrogen-bond acceptors (Lipinski definition) is 2. The summed E-state index contributed by atoms with van der Waals surface area (Å²) < 4.78 is 0. The summed E-state index contributed by atoms with van der Waals surface area (Å²) in [7, 11) is 0. The fourth-order valence-corrected chi connectivity index (χ4v) is 2.47. The van der Waals surface area contributed by atoms with E-state index in [-0.39, 0.29) is 0 Å². The standard InChI is InChI=1S/C14H21NS/c1-3-8-13(15-11-4-2)12-16-14-9-6-5-7-10-14/h3,5-7,9-10,13,15H,1,4,8,11-12H2,2H3. The highest BCUT2D eigenvalue weighted by Crippen LogP contribution is 2.18. The van der Waals surface area contributed by atoms with Crippen LogP contribution >= 0.6 is 11.8 Å². The van der Waals surface area contributed by atoms with E-state index in [9.17, 15) is 0 Å². The first-order valence-electron chi connectivity index (χ1n) is 5.89. The van der Waals surface area contributed by atoms with Gasteiger partial charge in [0.2, 0.25) is 0 Å². The average molecular weight is 235 g/mol. The van der Waals surface area contributed by atoms with Gasteiger partial charge in [-0.1, -0.05) is 31.2 Å². The first-order valence-corrected chi connectivity index (χ1v) is 6.87. The van der Waals surface area contributed by atoms with Crippen molar-refractivity contribution in [3.63, 3.8) is 0 Å². The predicted molar refractivity (Wildman–Crippen MR) is 74.1 cm³/mol. The Bertz CT molecular complexity index is 284. The molecule has 0 aliphatic rings. The molecule has 0 radical (unpaired) electrons. The summed E-state index contributed by atoms with van der Waals surface area (Å²) in [6, 6.07) is 11.1.